The molecule has 126 valence electrons. The first kappa shape index (κ1) is 16.2. The third-order valence-electron chi connectivity index (χ3n) is 4.38. The molecule has 5 heteroatoms. The van der Waals surface area contributed by atoms with Crippen LogP contribution >= 0.6 is 0 Å². The number of para-hydroxylation sites is 1. The van der Waals surface area contributed by atoms with Gasteiger partial charge < -0.3 is 19.7 Å². The first-order chi connectivity index (χ1) is 11.7. The molecule has 24 heavy (non-hydrogen) atoms. The number of nitrogens with zero attached hydrogens (tertiary/aromatic N) is 1. The lowest BCUT2D eigenvalue weighted by atomic mass is 9.97. The van der Waals surface area contributed by atoms with E-state index in [9.17, 15) is 4.79 Å². The average molecular weight is 326 g/mol. The van der Waals surface area contributed by atoms with E-state index in [1.807, 2.05) is 47.4 Å². The summed E-state index contributed by atoms with van der Waals surface area (Å²) in [6, 6.07) is 15.3. The largest absolute Gasteiger partial charge is 0.497 e. The highest BCUT2D eigenvalue weighted by Gasteiger charge is 2.29. The van der Waals surface area contributed by atoms with Gasteiger partial charge in [0.05, 0.1) is 14.2 Å². The molecule has 1 N–H and O–H groups in total. The van der Waals surface area contributed by atoms with Gasteiger partial charge in [-0.05, 0) is 30.2 Å². The van der Waals surface area contributed by atoms with Crippen molar-refractivity contribution >= 4 is 11.7 Å². The Morgan fingerprint density at radius 2 is 1.96 bits per heavy atom. The molecule has 0 spiro atoms. The van der Waals surface area contributed by atoms with Gasteiger partial charge >= 0.3 is 6.03 Å². The zero-order valence-electron chi connectivity index (χ0n) is 14.0. The number of carbonyl (C=O) groups is 1. The number of carbonyl (C=O) groups excluding carboxylic acids is 1. The Labute approximate surface area is 142 Å². The number of likely N-dealkylation sites (tertiary alicyclic amines) is 1. The summed E-state index contributed by atoms with van der Waals surface area (Å²) in [6.45, 7) is 1.43. The van der Waals surface area contributed by atoms with Gasteiger partial charge in [0.25, 0.3) is 0 Å². The van der Waals surface area contributed by atoms with Crippen LogP contribution in [0.2, 0.25) is 0 Å². The number of amides is 2. The molecule has 0 unspecified atom stereocenters. The molecule has 0 aliphatic carbocycles. The van der Waals surface area contributed by atoms with Crippen LogP contribution in [-0.4, -0.2) is 38.2 Å². The number of urea groups is 1. The van der Waals surface area contributed by atoms with Crippen molar-refractivity contribution in [2.75, 3.05) is 32.6 Å². The van der Waals surface area contributed by atoms with E-state index < -0.39 is 0 Å². The van der Waals surface area contributed by atoms with Crippen molar-refractivity contribution in [3.05, 3.63) is 54.1 Å². The normalized spacial score (nSPS) is 16.8. The van der Waals surface area contributed by atoms with Crippen molar-refractivity contribution in [2.24, 2.45) is 0 Å². The van der Waals surface area contributed by atoms with Crippen molar-refractivity contribution in [1.82, 2.24) is 4.90 Å². The van der Waals surface area contributed by atoms with Gasteiger partial charge in [-0.2, -0.15) is 0 Å². The third-order valence-corrected chi connectivity index (χ3v) is 4.38. The van der Waals surface area contributed by atoms with Crippen molar-refractivity contribution in [3.63, 3.8) is 0 Å². The minimum absolute atomic E-state index is 0.0827. The Balaban J connectivity index is 1.65. The van der Waals surface area contributed by atoms with Gasteiger partial charge in [-0.15, -0.1) is 0 Å². The summed E-state index contributed by atoms with van der Waals surface area (Å²) in [4.78, 5) is 14.3. The first-order valence-corrected chi connectivity index (χ1v) is 8.04. The maximum atomic E-state index is 12.5. The van der Waals surface area contributed by atoms with Crippen LogP contribution in [0.15, 0.2) is 48.5 Å². The number of nitrogens with one attached hydrogen (secondary N) is 1. The smallest absolute Gasteiger partial charge is 0.321 e. The lowest BCUT2D eigenvalue weighted by molar-refractivity contribution is 0.222. The molecule has 1 saturated heterocycles. The van der Waals surface area contributed by atoms with E-state index in [0.717, 1.165) is 35.7 Å². The zero-order chi connectivity index (χ0) is 16.9. The Hall–Kier alpha value is -2.69. The van der Waals surface area contributed by atoms with Crippen LogP contribution in [0.1, 0.15) is 17.9 Å². The van der Waals surface area contributed by atoms with Gasteiger partial charge in [0, 0.05) is 30.8 Å². The third kappa shape index (κ3) is 3.45. The molecule has 1 heterocycles. The molecular formula is C19H22N2O3. The summed E-state index contributed by atoms with van der Waals surface area (Å²) in [6.07, 6.45) is 0.936. The summed E-state index contributed by atoms with van der Waals surface area (Å²) in [5, 5.41) is 2.93. The van der Waals surface area contributed by atoms with Crippen LogP contribution in [0, 0.1) is 0 Å². The highest BCUT2D eigenvalue weighted by Crippen LogP contribution is 2.33. The van der Waals surface area contributed by atoms with Crippen LogP contribution in [0.5, 0.6) is 11.5 Å². The van der Waals surface area contributed by atoms with Gasteiger partial charge in [0.2, 0.25) is 0 Å². The highest BCUT2D eigenvalue weighted by molar-refractivity contribution is 5.89. The Kier molecular flexibility index (Phi) is 4.89. The minimum Gasteiger partial charge on any atom is -0.497 e. The number of hydrogen-bond donors (Lipinski definition) is 1. The number of benzene rings is 2. The fraction of sp³-hybridized carbons (Fsp3) is 0.316. The highest BCUT2D eigenvalue weighted by atomic mass is 16.5. The molecule has 3 rings (SSSR count). The Bertz CT molecular complexity index is 717. The number of rotatable bonds is 4. The molecule has 1 atom stereocenters. The SMILES string of the molecule is COc1cccc(NC(=O)N2CC[C@H](c3ccccc3OC)C2)c1. The average Bonchev–Trinajstić information content (AvgIpc) is 3.12. The van der Waals surface area contributed by atoms with Gasteiger partial charge in [-0.1, -0.05) is 24.3 Å². The lowest BCUT2D eigenvalue weighted by Gasteiger charge is -2.18. The van der Waals surface area contributed by atoms with Crippen molar-refractivity contribution in [1.29, 1.82) is 0 Å². The van der Waals surface area contributed by atoms with Crippen LogP contribution in [0.25, 0.3) is 0 Å². The molecule has 1 aliphatic rings. The van der Waals surface area contributed by atoms with Crippen LogP contribution in [0.3, 0.4) is 0 Å². The fourth-order valence-corrected chi connectivity index (χ4v) is 3.11. The van der Waals surface area contributed by atoms with E-state index in [-0.39, 0.29) is 6.03 Å². The second-order valence-corrected chi connectivity index (χ2v) is 5.84. The second-order valence-electron chi connectivity index (χ2n) is 5.84. The number of hydrogen-bond acceptors (Lipinski definition) is 3. The van der Waals surface area contributed by atoms with Gasteiger partial charge in [0.1, 0.15) is 11.5 Å². The fourth-order valence-electron chi connectivity index (χ4n) is 3.11. The van der Waals surface area contributed by atoms with Gasteiger partial charge in [0.15, 0.2) is 0 Å². The molecule has 5 nitrogen and oxygen atoms in total. The summed E-state index contributed by atoms with van der Waals surface area (Å²) in [7, 11) is 3.29. The number of ether oxygens (including phenoxy) is 2. The summed E-state index contributed by atoms with van der Waals surface area (Å²) in [5.74, 6) is 1.91. The second kappa shape index (κ2) is 7.25. The number of anilines is 1. The topological polar surface area (TPSA) is 50.8 Å². The predicted octanol–water partition coefficient (Wildman–Crippen LogP) is 3.73. The van der Waals surface area contributed by atoms with Crippen molar-refractivity contribution in [2.45, 2.75) is 12.3 Å². The maximum absolute atomic E-state index is 12.5. The summed E-state index contributed by atoms with van der Waals surface area (Å²) >= 11 is 0. The minimum atomic E-state index is -0.0827. The molecule has 2 aromatic carbocycles. The number of methoxy groups -OCH3 is 2. The van der Waals surface area contributed by atoms with Gasteiger partial charge in [-0.25, -0.2) is 4.79 Å². The zero-order valence-corrected chi connectivity index (χ0v) is 14.0. The Morgan fingerprint density at radius 3 is 2.75 bits per heavy atom. The van der Waals surface area contributed by atoms with Crippen molar-refractivity contribution < 1.29 is 14.3 Å². The van der Waals surface area contributed by atoms with E-state index in [4.69, 9.17) is 9.47 Å². The van der Waals surface area contributed by atoms with Crippen LogP contribution < -0.4 is 14.8 Å². The Morgan fingerprint density at radius 1 is 1.12 bits per heavy atom. The van der Waals surface area contributed by atoms with E-state index in [1.54, 1.807) is 14.2 Å². The molecule has 0 bridgehead atoms. The van der Waals surface area contributed by atoms with E-state index in [1.165, 1.54) is 0 Å². The molecule has 0 saturated carbocycles. The van der Waals surface area contributed by atoms with Gasteiger partial charge in [-0.3, -0.25) is 0 Å². The molecule has 0 aromatic heterocycles. The van der Waals surface area contributed by atoms with Crippen LogP contribution in [0.4, 0.5) is 10.5 Å². The molecular weight excluding hydrogens is 304 g/mol. The van der Waals surface area contributed by atoms with Crippen LogP contribution in [-0.2, 0) is 0 Å². The maximum Gasteiger partial charge on any atom is 0.321 e. The molecule has 1 aliphatic heterocycles. The van der Waals surface area contributed by atoms with Crippen molar-refractivity contribution in [3.8, 4) is 11.5 Å². The summed E-state index contributed by atoms with van der Waals surface area (Å²) < 4.78 is 10.6. The lowest BCUT2D eigenvalue weighted by Crippen LogP contribution is -2.32. The monoisotopic (exact) mass is 326 g/mol. The summed E-state index contributed by atoms with van der Waals surface area (Å²) in [5.41, 5.74) is 1.90. The first-order valence-electron chi connectivity index (χ1n) is 8.04. The molecule has 2 amide bonds. The molecule has 0 radical (unpaired) electrons. The van der Waals surface area contributed by atoms with E-state index in [2.05, 4.69) is 11.4 Å². The van der Waals surface area contributed by atoms with E-state index in [0.29, 0.717) is 12.5 Å². The predicted molar refractivity (Wildman–Crippen MR) is 93.9 cm³/mol. The molecule has 2 aromatic rings. The standard InChI is InChI=1S/C19H22N2O3/c1-23-16-7-5-6-15(12-16)20-19(22)21-11-10-14(13-21)17-8-3-4-9-18(17)24-2/h3-9,12,14H,10-11,13H2,1-2H3,(H,20,22)/t14-/m0/s1. The molecule has 1 fully saturated rings. The quantitative estimate of drug-likeness (QED) is 0.931. The van der Waals surface area contributed by atoms with E-state index >= 15 is 0 Å².